The summed E-state index contributed by atoms with van der Waals surface area (Å²) in [4.78, 5) is 0. The summed E-state index contributed by atoms with van der Waals surface area (Å²) in [7, 11) is 0. The number of fused-ring (bicyclic) bond motifs is 1. The lowest BCUT2D eigenvalue weighted by Crippen LogP contribution is -2.38. The quantitative estimate of drug-likeness (QED) is 0.663. The van der Waals surface area contributed by atoms with E-state index in [4.69, 9.17) is 9.47 Å². The molecular formula is C12H18O3. The van der Waals surface area contributed by atoms with Gasteiger partial charge in [-0.2, -0.15) is 0 Å². The maximum absolute atomic E-state index is 9.55. The number of allylic oxidation sites excluding steroid dienone is 2. The third-order valence-corrected chi connectivity index (χ3v) is 4.22. The molecule has 1 heterocycles. The van der Waals surface area contributed by atoms with Crippen molar-refractivity contribution in [1.82, 2.24) is 0 Å². The van der Waals surface area contributed by atoms with Crippen molar-refractivity contribution in [3.8, 4) is 0 Å². The second kappa shape index (κ2) is 3.58. The van der Waals surface area contributed by atoms with Crippen LogP contribution in [0.2, 0.25) is 0 Å². The van der Waals surface area contributed by atoms with Crippen LogP contribution in [0.1, 0.15) is 19.3 Å². The summed E-state index contributed by atoms with van der Waals surface area (Å²) in [6.07, 6.45) is 7.65. The van der Waals surface area contributed by atoms with Gasteiger partial charge in [-0.3, -0.25) is 0 Å². The number of aliphatic hydroxyl groups is 1. The van der Waals surface area contributed by atoms with E-state index in [-0.39, 0.29) is 12.5 Å². The van der Waals surface area contributed by atoms with Gasteiger partial charge in [-0.1, -0.05) is 12.2 Å². The first-order valence-electron chi connectivity index (χ1n) is 5.89. The Kier molecular flexibility index (Phi) is 2.34. The van der Waals surface area contributed by atoms with E-state index in [1.807, 2.05) is 0 Å². The zero-order chi connectivity index (χ0) is 10.3. The van der Waals surface area contributed by atoms with Gasteiger partial charge in [-0.05, 0) is 24.7 Å². The van der Waals surface area contributed by atoms with Gasteiger partial charge >= 0.3 is 0 Å². The van der Waals surface area contributed by atoms with Crippen LogP contribution in [0.3, 0.4) is 0 Å². The molecular weight excluding hydrogens is 192 g/mol. The Bertz CT molecular complexity index is 268. The maximum atomic E-state index is 9.55. The molecule has 3 atom stereocenters. The first kappa shape index (κ1) is 9.82. The minimum Gasteiger partial charge on any atom is -0.396 e. The zero-order valence-corrected chi connectivity index (χ0v) is 8.89. The molecule has 0 aromatic carbocycles. The Labute approximate surface area is 90.1 Å². The van der Waals surface area contributed by atoms with E-state index in [2.05, 4.69) is 12.2 Å². The van der Waals surface area contributed by atoms with Crippen molar-refractivity contribution in [3.05, 3.63) is 12.2 Å². The molecule has 0 aromatic rings. The smallest absolute Gasteiger partial charge is 0.174 e. The fraction of sp³-hybridized carbons (Fsp3) is 0.833. The van der Waals surface area contributed by atoms with E-state index < -0.39 is 5.79 Å². The molecule has 0 unspecified atom stereocenters. The zero-order valence-electron chi connectivity index (χ0n) is 8.89. The van der Waals surface area contributed by atoms with Gasteiger partial charge in [0.15, 0.2) is 5.79 Å². The van der Waals surface area contributed by atoms with Crippen molar-refractivity contribution in [3.63, 3.8) is 0 Å². The van der Waals surface area contributed by atoms with Gasteiger partial charge in [-0.15, -0.1) is 0 Å². The summed E-state index contributed by atoms with van der Waals surface area (Å²) in [5.74, 6) is 0.925. The van der Waals surface area contributed by atoms with Crippen LogP contribution in [-0.4, -0.2) is 30.7 Å². The molecule has 0 bridgehead atoms. The Morgan fingerprint density at radius 2 is 1.93 bits per heavy atom. The first-order chi connectivity index (χ1) is 7.36. The molecule has 2 fully saturated rings. The number of hydrogen-bond donors (Lipinski definition) is 1. The molecule has 3 heteroatoms. The van der Waals surface area contributed by atoms with Gasteiger partial charge in [0, 0.05) is 12.3 Å². The molecule has 84 valence electrons. The molecule has 1 saturated heterocycles. The van der Waals surface area contributed by atoms with Gasteiger partial charge in [0.25, 0.3) is 0 Å². The third-order valence-electron chi connectivity index (χ3n) is 4.22. The molecule has 1 saturated carbocycles. The predicted molar refractivity (Wildman–Crippen MR) is 55.2 cm³/mol. The third kappa shape index (κ3) is 1.37. The topological polar surface area (TPSA) is 38.7 Å². The van der Waals surface area contributed by atoms with E-state index in [9.17, 15) is 5.11 Å². The molecule has 15 heavy (non-hydrogen) atoms. The van der Waals surface area contributed by atoms with Crippen LogP contribution in [0, 0.1) is 17.8 Å². The lowest BCUT2D eigenvalue weighted by molar-refractivity contribution is -0.194. The number of hydrogen-bond acceptors (Lipinski definition) is 3. The summed E-state index contributed by atoms with van der Waals surface area (Å²) in [5, 5.41) is 9.55. The largest absolute Gasteiger partial charge is 0.396 e. The van der Waals surface area contributed by atoms with E-state index in [1.165, 1.54) is 0 Å². The van der Waals surface area contributed by atoms with Crippen molar-refractivity contribution in [2.24, 2.45) is 17.8 Å². The monoisotopic (exact) mass is 210 g/mol. The van der Waals surface area contributed by atoms with Crippen LogP contribution in [-0.2, 0) is 9.47 Å². The second-order valence-corrected chi connectivity index (χ2v) is 4.87. The average molecular weight is 210 g/mol. The maximum Gasteiger partial charge on any atom is 0.174 e. The minimum atomic E-state index is -0.448. The highest BCUT2D eigenvalue weighted by Crippen LogP contribution is 2.52. The van der Waals surface area contributed by atoms with Crippen molar-refractivity contribution in [2.75, 3.05) is 19.8 Å². The van der Waals surface area contributed by atoms with Crippen molar-refractivity contribution < 1.29 is 14.6 Å². The predicted octanol–water partition coefficient (Wildman–Crippen LogP) is 1.32. The van der Waals surface area contributed by atoms with Crippen LogP contribution < -0.4 is 0 Å². The second-order valence-electron chi connectivity index (χ2n) is 4.87. The summed E-state index contributed by atoms with van der Waals surface area (Å²) in [5.41, 5.74) is 0. The Hall–Kier alpha value is -0.380. The highest BCUT2D eigenvalue weighted by molar-refractivity contribution is 5.06. The van der Waals surface area contributed by atoms with Gasteiger partial charge in [0.05, 0.1) is 19.8 Å². The standard InChI is InChI=1S/C12H18O3/c13-8-11-10-4-2-1-3-9(10)7-12(11)14-5-6-15-12/h1-2,9-11,13H,3-8H2/t9-,10+,11-/m1/s1. The Morgan fingerprint density at radius 3 is 2.67 bits per heavy atom. The molecule has 0 radical (unpaired) electrons. The Morgan fingerprint density at radius 1 is 1.20 bits per heavy atom. The summed E-state index contributed by atoms with van der Waals surface area (Å²) in [6, 6.07) is 0. The summed E-state index contributed by atoms with van der Waals surface area (Å²) < 4.78 is 11.6. The average Bonchev–Trinajstić information content (AvgIpc) is 2.83. The lowest BCUT2D eigenvalue weighted by Gasteiger charge is -2.30. The molecule has 1 aliphatic heterocycles. The van der Waals surface area contributed by atoms with E-state index in [1.54, 1.807) is 0 Å². The molecule has 3 rings (SSSR count). The minimum absolute atomic E-state index is 0.176. The van der Waals surface area contributed by atoms with Crippen molar-refractivity contribution >= 4 is 0 Å². The SMILES string of the molecule is OC[C@@H]1[C@H]2CC=CC[C@@H]2CC12OCCO2. The Balaban J connectivity index is 1.87. The van der Waals surface area contributed by atoms with Crippen LogP contribution in [0.4, 0.5) is 0 Å². The highest BCUT2D eigenvalue weighted by Gasteiger charge is 2.56. The number of ether oxygens (including phenoxy) is 2. The molecule has 0 amide bonds. The van der Waals surface area contributed by atoms with E-state index in [0.29, 0.717) is 25.0 Å². The molecule has 3 aliphatic rings. The van der Waals surface area contributed by atoms with E-state index in [0.717, 1.165) is 19.3 Å². The van der Waals surface area contributed by atoms with Crippen LogP contribution in [0.25, 0.3) is 0 Å². The molecule has 1 N–H and O–H groups in total. The van der Waals surface area contributed by atoms with Gasteiger partial charge < -0.3 is 14.6 Å². The molecule has 3 nitrogen and oxygen atoms in total. The fourth-order valence-electron chi connectivity index (χ4n) is 3.54. The molecule has 1 spiro atoms. The fourth-order valence-corrected chi connectivity index (χ4v) is 3.54. The van der Waals surface area contributed by atoms with Crippen molar-refractivity contribution in [1.29, 1.82) is 0 Å². The van der Waals surface area contributed by atoms with Crippen molar-refractivity contribution in [2.45, 2.75) is 25.0 Å². The van der Waals surface area contributed by atoms with Crippen LogP contribution >= 0.6 is 0 Å². The van der Waals surface area contributed by atoms with Crippen LogP contribution in [0.5, 0.6) is 0 Å². The summed E-state index contributed by atoms with van der Waals surface area (Å²) in [6.45, 7) is 1.56. The molecule has 2 aliphatic carbocycles. The van der Waals surface area contributed by atoms with Gasteiger partial charge in [0.2, 0.25) is 0 Å². The van der Waals surface area contributed by atoms with Gasteiger partial charge in [-0.25, -0.2) is 0 Å². The number of aliphatic hydroxyl groups excluding tert-OH is 1. The summed E-state index contributed by atoms with van der Waals surface area (Å²) >= 11 is 0. The van der Waals surface area contributed by atoms with Crippen LogP contribution in [0.15, 0.2) is 12.2 Å². The van der Waals surface area contributed by atoms with Gasteiger partial charge in [0.1, 0.15) is 0 Å². The first-order valence-corrected chi connectivity index (χ1v) is 5.89. The molecule has 0 aromatic heterocycles. The lowest BCUT2D eigenvalue weighted by atomic mass is 9.81. The number of rotatable bonds is 1. The normalized spacial score (nSPS) is 42.3. The highest BCUT2D eigenvalue weighted by atomic mass is 16.7. The van der Waals surface area contributed by atoms with E-state index >= 15 is 0 Å².